The lowest BCUT2D eigenvalue weighted by Crippen LogP contribution is -2.21. The zero-order valence-electron chi connectivity index (χ0n) is 14.8. The van der Waals surface area contributed by atoms with Crippen molar-refractivity contribution in [2.45, 2.75) is 6.42 Å². The first-order valence-electron chi connectivity index (χ1n) is 8.75. The summed E-state index contributed by atoms with van der Waals surface area (Å²) in [4.78, 5) is 12.1. The van der Waals surface area contributed by atoms with E-state index in [0.717, 1.165) is 27.1 Å². The normalized spacial score (nSPS) is 10.3. The van der Waals surface area contributed by atoms with Gasteiger partial charge in [0.05, 0.1) is 13.2 Å². The maximum absolute atomic E-state index is 12.1. The van der Waals surface area contributed by atoms with Crippen LogP contribution >= 0.6 is 22.6 Å². The van der Waals surface area contributed by atoms with Gasteiger partial charge in [0.25, 0.3) is 0 Å². The quantitative estimate of drug-likeness (QED) is 0.456. The first-order valence-corrected chi connectivity index (χ1v) is 9.83. The van der Waals surface area contributed by atoms with Gasteiger partial charge in [0.15, 0.2) is 0 Å². The summed E-state index contributed by atoms with van der Waals surface area (Å²) < 4.78 is 6.96. The Morgan fingerprint density at radius 2 is 1.67 bits per heavy atom. The minimum absolute atomic E-state index is 0.0911. The van der Waals surface area contributed by atoms with Crippen molar-refractivity contribution in [1.82, 2.24) is 0 Å². The summed E-state index contributed by atoms with van der Waals surface area (Å²) in [6.45, 7) is 0.806. The Hall–Kier alpha value is -2.54. The van der Waals surface area contributed by atoms with Gasteiger partial charge in [-0.3, -0.25) is 4.79 Å². The van der Waals surface area contributed by atoms with Crippen molar-refractivity contribution < 1.29 is 9.53 Å². The van der Waals surface area contributed by atoms with Crippen molar-refractivity contribution in [3.8, 4) is 5.75 Å². The van der Waals surface area contributed by atoms with Crippen molar-refractivity contribution in [3.05, 3.63) is 88.0 Å². The highest BCUT2D eigenvalue weighted by Gasteiger charge is 2.03. The Kier molecular flexibility index (Phi) is 7.10. The monoisotopic (exact) mass is 472 g/mol. The molecule has 1 amide bonds. The van der Waals surface area contributed by atoms with E-state index in [4.69, 9.17) is 4.74 Å². The molecule has 0 saturated carbocycles. The third-order valence-corrected chi connectivity index (χ3v) is 4.64. The number of nitrogens with one attached hydrogen (secondary N) is 2. The second-order valence-electron chi connectivity index (χ2n) is 6.02. The fourth-order valence-corrected chi connectivity index (χ4v) is 2.91. The van der Waals surface area contributed by atoms with Gasteiger partial charge in [-0.05, 0) is 64.6 Å². The molecule has 0 radical (unpaired) electrons. The van der Waals surface area contributed by atoms with Crippen molar-refractivity contribution in [3.63, 3.8) is 0 Å². The summed E-state index contributed by atoms with van der Waals surface area (Å²) in [5, 5.41) is 6.00. The van der Waals surface area contributed by atoms with Crippen LogP contribution in [0.3, 0.4) is 0 Å². The van der Waals surface area contributed by atoms with E-state index < -0.39 is 0 Å². The van der Waals surface area contributed by atoms with E-state index in [1.54, 1.807) is 0 Å². The molecule has 0 saturated heterocycles. The molecule has 138 valence electrons. The van der Waals surface area contributed by atoms with Crippen LogP contribution in [-0.4, -0.2) is 19.1 Å². The summed E-state index contributed by atoms with van der Waals surface area (Å²) in [7, 11) is 0. The van der Waals surface area contributed by atoms with Crippen LogP contribution in [0.5, 0.6) is 5.75 Å². The highest BCUT2D eigenvalue weighted by molar-refractivity contribution is 14.1. The Labute approximate surface area is 173 Å². The Morgan fingerprint density at radius 3 is 2.44 bits per heavy atom. The van der Waals surface area contributed by atoms with Crippen LogP contribution in [0, 0.1) is 3.57 Å². The van der Waals surface area contributed by atoms with Crippen LogP contribution in [0.15, 0.2) is 78.9 Å². The highest BCUT2D eigenvalue weighted by Crippen LogP contribution is 2.18. The third-order valence-electron chi connectivity index (χ3n) is 3.92. The van der Waals surface area contributed by atoms with Gasteiger partial charge in [0.2, 0.25) is 5.91 Å². The molecule has 0 aliphatic rings. The number of benzene rings is 3. The van der Waals surface area contributed by atoms with Gasteiger partial charge in [-0.2, -0.15) is 0 Å². The standard InChI is InChI=1S/C22H21IN2O2/c23-18-9-11-19(12-10-18)25-22(26)16-24-20-7-4-8-21(15-20)27-14-13-17-5-2-1-3-6-17/h1-12,15,24H,13-14,16H2,(H,25,26). The fourth-order valence-electron chi connectivity index (χ4n) is 2.55. The molecule has 0 fully saturated rings. The molecular formula is C22H21IN2O2. The SMILES string of the molecule is O=C(CNc1cccc(OCCc2ccccc2)c1)Nc1ccc(I)cc1. The molecule has 0 atom stereocenters. The average molecular weight is 472 g/mol. The van der Waals surface area contributed by atoms with E-state index in [-0.39, 0.29) is 12.5 Å². The number of carbonyl (C=O) groups is 1. The lowest BCUT2D eigenvalue weighted by Gasteiger charge is -2.10. The summed E-state index contributed by atoms with van der Waals surface area (Å²) >= 11 is 2.23. The number of rotatable bonds is 8. The van der Waals surface area contributed by atoms with Gasteiger partial charge >= 0.3 is 0 Å². The van der Waals surface area contributed by atoms with Gasteiger partial charge in [0.1, 0.15) is 5.75 Å². The number of carbonyl (C=O) groups excluding carboxylic acids is 1. The van der Waals surface area contributed by atoms with Gasteiger partial charge in [-0.15, -0.1) is 0 Å². The van der Waals surface area contributed by atoms with Crippen LogP contribution in [0.1, 0.15) is 5.56 Å². The van der Waals surface area contributed by atoms with E-state index >= 15 is 0 Å². The van der Waals surface area contributed by atoms with Crippen LogP contribution in [-0.2, 0) is 11.2 Å². The fraction of sp³-hybridized carbons (Fsp3) is 0.136. The number of ether oxygens (including phenoxy) is 1. The molecule has 2 N–H and O–H groups in total. The molecule has 27 heavy (non-hydrogen) atoms. The van der Waals surface area contributed by atoms with E-state index in [1.165, 1.54) is 5.56 Å². The minimum atomic E-state index is -0.0911. The Balaban J connectivity index is 1.45. The second kappa shape index (κ2) is 9.97. The third kappa shape index (κ3) is 6.60. The van der Waals surface area contributed by atoms with E-state index in [2.05, 4.69) is 45.4 Å². The molecule has 3 aromatic rings. The van der Waals surface area contributed by atoms with Crippen LogP contribution in [0.25, 0.3) is 0 Å². The summed E-state index contributed by atoms with van der Waals surface area (Å²) in [5.41, 5.74) is 2.89. The number of anilines is 2. The lowest BCUT2D eigenvalue weighted by molar-refractivity contribution is -0.114. The van der Waals surface area contributed by atoms with Crippen molar-refractivity contribution in [2.24, 2.45) is 0 Å². The Morgan fingerprint density at radius 1 is 0.889 bits per heavy atom. The summed E-state index contributed by atoms with van der Waals surface area (Å²) in [5.74, 6) is 0.695. The summed E-state index contributed by atoms with van der Waals surface area (Å²) in [6.07, 6.45) is 0.858. The van der Waals surface area contributed by atoms with Crippen LogP contribution < -0.4 is 15.4 Å². The molecule has 0 aliphatic heterocycles. The molecule has 5 heteroatoms. The number of hydrogen-bond donors (Lipinski definition) is 2. The lowest BCUT2D eigenvalue weighted by atomic mass is 10.2. The maximum Gasteiger partial charge on any atom is 0.243 e. The molecule has 0 spiro atoms. The van der Waals surface area contributed by atoms with Gasteiger partial charge in [-0.25, -0.2) is 0 Å². The molecule has 0 heterocycles. The molecule has 3 rings (SSSR count). The molecule has 0 aromatic heterocycles. The molecular weight excluding hydrogens is 451 g/mol. The van der Waals surface area contributed by atoms with E-state index in [0.29, 0.717) is 6.61 Å². The second-order valence-corrected chi connectivity index (χ2v) is 7.27. The maximum atomic E-state index is 12.1. The zero-order valence-corrected chi connectivity index (χ0v) is 17.0. The van der Waals surface area contributed by atoms with Gasteiger partial charge in [0, 0.05) is 27.4 Å². The molecule has 0 unspecified atom stereocenters. The first kappa shape index (κ1) is 19.2. The van der Waals surface area contributed by atoms with Crippen LogP contribution in [0.4, 0.5) is 11.4 Å². The zero-order chi connectivity index (χ0) is 18.9. The first-order chi connectivity index (χ1) is 13.2. The predicted octanol–water partition coefficient (Wildman–Crippen LogP) is 4.96. The number of halogens is 1. The topological polar surface area (TPSA) is 50.4 Å². The molecule has 0 aliphatic carbocycles. The summed E-state index contributed by atoms with van der Waals surface area (Å²) in [6, 6.07) is 25.6. The van der Waals surface area contributed by atoms with Gasteiger partial charge in [-0.1, -0.05) is 36.4 Å². The highest BCUT2D eigenvalue weighted by atomic mass is 127. The number of hydrogen-bond acceptors (Lipinski definition) is 3. The molecule has 0 bridgehead atoms. The Bertz CT molecular complexity index is 867. The largest absolute Gasteiger partial charge is 0.493 e. The van der Waals surface area contributed by atoms with Crippen molar-refractivity contribution in [1.29, 1.82) is 0 Å². The minimum Gasteiger partial charge on any atom is -0.493 e. The molecule has 3 aromatic carbocycles. The predicted molar refractivity (Wildman–Crippen MR) is 118 cm³/mol. The van der Waals surface area contributed by atoms with Crippen molar-refractivity contribution >= 4 is 39.9 Å². The average Bonchev–Trinajstić information content (AvgIpc) is 2.69. The van der Waals surface area contributed by atoms with E-state index in [9.17, 15) is 4.79 Å². The smallest absolute Gasteiger partial charge is 0.243 e. The van der Waals surface area contributed by atoms with Gasteiger partial charge < -0.3 is 15.4 Å². The van der Waals surface area contributed by atoms with E-state index in [1.807, 2.05) is 66.7 Å². The molecule has 4 nitrogen and oxygen atoms in total. The van der Waals surface area contributed by atoms with Crippen molar-refractivity contribution in [2.75, 3.05) is 23.8 Å². The van der Waals surface area contributed by atoms with Crippen LogP contribution in [0.2, 0.25) is 0 Å². The number of amides is 1.